The quantitative estimate of drug-likeness (QED) is 0.0641. The van der Waals surface area contributed by atoms with E-state index in [0.29, 0.717) is 6.42 Å². The van der Waals surface area contributed by atoms with Crippen molar-refractivity contribution >= 4 is 21.4 Å². The first-order valence-electron chi connectivity index (χ1n) is 20.2. The summed E-state index contributed by atoms with van der Waals surface area (Å²) < 4.78 is 1.26. The Labute approximate surface area is 338 Å². The second kappa shape index (κ2) is 22.0. The number of aryl methyl sites for hydroxylation is 2. The molecule has 0 bridgehead atoms. The number of thiophene rings is 1. The van der Waals surface area contributed by atoms with Crippen LogP contribution in [0, 0.1) is 19.9 Å². The van der Waals surface area contributed by atoms with Gasteiger partial charge in [0.25, 0.3) is 0 Å². The van der Waals surface area contributed by atoms with Crippen molar-refractivity contribution in [2.24, 2.45) is 0 Å². The van der Waals surface area contributed by atoms with Gasteiger partial charge in [-0.25, -0.2) is 11.3 Å². The standard InChI is InChI=1S/C35H54O2.C13H8NS.Ir/c1-5-6-7-15-22-35(23-16-13-11-9-8-10-12-14-17-30(37)26-29(4)36)33-24-27(2)18-20-31(33)32-21-19-28(3)25-34(32)35;1-2-7-12-10(5-1)9-13(15-12)11-6-3-4-8-14-11;/h18-21,24-25,29-30,36-37H,5-17,22-23,26H2,1-4H3;1-8H;/q;-1;. The van der Waals surface area contributed by atoms with Gasteiger partial charge in [0, 0.05) is 37.4 Å². The first kappa shape index (κ1) is 43.1. The van der Waals surface area contributed by atoms with Crippen molar-refractivity contribution < 1.29 is 30.3 Å². The molecule has 3 nitrogen and oxygen atoms in total. The van der Waals surface area contributed by atoms with Crippen LogP contribution in [-0.2, 0) is 25.5 Å². The third-order valence-corrected chi connectivity index (χ3v) is 12.0. The van der Waals surface area contributed by atoms with E-state index in [1.807, 2.05) is 30.5 Å². The van der Waals surface area contributed by atoms with Crippen LogP contribution >= 0.6 is 11.3 Å². The van der Waals surface area contributed by atoms with Crippen molar-refractivity contribution in [3.05, 3.63) is 113 Å². The fraction of sp³-hybridized carbons (Fsp3) is 0.479. The first-order valence-corrected chi connectivity index (χ1v) is 21.0. The van der Waals surface area contributed by atoms with Gasteiger partial charge in [-0.15, -0.1) is 23.6 Å². The van der Waals surface area contributed by atoms with Gasteiger partial charge in [0.1, 0.15) is 0 Å². The van der Waals surface area contributed by atoms with E-state index in [9.17, 15) is 10.2 Å². The first-order chi connectivity index (χ1) is 25.3. The Hall–Kier alpha value is -2.66. The van der Waals surface area contributed by atoms with Crippen molar-refractivity contribution in [3.63, 3.8) is 0 Å². The molecule has 1 radical (unpaired) electrons. The maximum absolute atomic E-state index is 9.90. The van der Waals surface area contributed by atoms with E-state index in [2.05, 4.69) is 86.4 Å². The summed E-state index contributed by atoms with van der Waals surface area (Å²) in [5.74, 6) is 0. The Bertz CT molecular complexity index is 1710. The number of aromatic nitrogens is 1. The summed E-state index contributed by atoms with van der Waals surface area (Å²) in [5.41, 5.74) is 10.1. The molecule has 2 heterocycles. The molecule has 2 atom stereocenters. The van der Waals surface area contributed by atoms with Crippen molar-refractivity contribution in [1.82, 2.24) is 4.98 Å². The van der Waals surface area contributed by atoms with Crippen LogP contribution < -0.4 is 0 Å². The minimum atomic E-state index is -0.398. The molecule has 53 heavy (non-hydrogen) atoms. The Morgan fingerprint density at radius 1 is 0.698 bits per heavy atom. The van der Waals surface area contributed by atoms with E-state index >= 15 is 0 Å². The van der Waals surface area contributed by atoms with Gasteiger partial charge in [0.15, 0.2) is 0 Å². The zero-order valence-corrected chi connectivity index (χ0v) is 35.8. The van der Waals surface area contributed by atoms with Gasteiger partial charge in [-0.3, -0.25) is 0 Å². The van der Waals surface area contributed by atoms with Gasteiger partial charge in [0.05, 0.1) is 12.2 Å². The van der Waals surface area contributed by atoms with E-state index in [1.165, 1.54) is 116 Å². The maximum Gasteiger partial charge on any atom is 0.0564 e. The fourth-order valence-electron chi connectivity index (χ4n) is 8.15. The number of hydrogen-bond acceptors (Lipinski definition) is 4. The molecule has 0 amide bonds. The van der Waals surface area contributed by atoms with Gasteiger partial charge in [0.2, 0.25) is 0 Å². The molecular formula is C48H62IrNO2S-. The van der Waals surface area contributed by atoms with Gasteiger partial charge < -0.3 is 15.2 Å². The molecule has 2 aromatic heterocycles. The van der Waals surface area contributed by atoms with E-state index in [0.717, 1.165) is 23.4 Å². The molecule has 0 saturated carbocycles. The second-order valence-corrected chi connectivity index (χ2v) is 16.4. The maximum atomic E-state index is 9.90. The second-order valence-electron chi connectivity index (χ2n) is 15.4. The summed E-state index contributed by atoms with van der Waals surface area (Å²) in [4.78, 5) is 5.43. The van der Waals surface area contributed by atoms with Crippen molar-refractivity contribution in [2.45, 2.75) is 148 Å². The van der Waals surface area contributed by atoms with Crippen LogP contribution in [0.25, 0.3) is 31.8 Å². The minimum Gasteiger partial charge on any atom is -0.393 e. The van der Waals surface area contributed by atoms with Crippen LogP contribution in [0.4, 0.5) is 0 Å². The third kappa shape index (κ3) is 12.2. The van der Waals surface area contributed by atoms with E-state index < -0.39 is 6.10 Å². The zero-order valence-electron chi connectivity index (χ0n) is 32.6. The minimum absolute atomic E-state index is 0. The number of nitrogens with zero attached hydrogens (tertiary/aromatic N) is 1. The number of aliphatic hydroxyl groups is 2. The number of aliphatic hydroxyl groups excluding tert-OH is 2. The predicted molar refractivity (Wildman–Crippen MR) is 223 cm³/mol. The molecule has 1 aliphatic rings. The van der Waals surface area contributed by atoms with E-state index in [4.69, 9.17) is 0 Å². The number of fused-ring (bicyclic) bond motifs is 4. The molecule has 6 rings (SSSR count). The van der Waals surface area contributed by atoms with Crippen LogP contribution in [0.15, 0.2) is 85.1 Å². The van der Waals surface area contributed by atoms with E-state index in [-0.39, 0.29) is 31.6 Å². The number of rotatable bonds is 19. The molecule has 1 aliphatic carbocycles. The average molecular weight is 909 g/mol. The number of pyridine rings is 1. The molecule has 3 aromatic carbocycles. The third-order valence-electron chi connectivity index (χ3n) is 10.9. The van der Waals surface area contributed by atoms with Crippen molar-refractivity contribution in [3.8, 4) is 21.7 Å². The monoisotopic (exact) mass is 909 g/mol. The summed E-state index contributed by atoms with van der Waals surface area (Å²) in [5, 5.41) is 20.4. The van der Waals surface area contributed by atoms with Crippen LogP contribution in [-0.4, -0.2) is 27.4 Å². The number of benzene rings is 3. The number of unbranched alkanes of at least 4 members (excludes halogenated alkanes) is 10. The Balaban J connectivity index is 0.000000323. The molecule has 0 saturated heterocycles. The molecule has 287 valence electrons. The topological polar surface area (TPSA) is 53.4 Å². The molecule has 0 fully saturated rings. The molecule has 2 unspecified atom stereocenters. The summed E-state index contributed by atoms with van der Waals surface area (Å²) in [7, 11) is 0. The fourth-order valence-corrected chi connectivity index (χ4v) is 9.13. The molecule has 5 aromatic rings. The SMILES string of the molecule is CCCCCCC1(CCCCCCCCCCC(O)CC(C)O)c2cc(C)ccc2-c2ccc(C)cc21.[Ir].[c-]1c(-c2ccccn2)sc2ccccc12. The van der Waals surface area contributed by atoms with Gasteiger partial charge >= 0.3 is 0 Å². The van der Waals surface area contributed by atoms with Crippen LogP contribution in [0.1, 0.15) is 139 Å². The van der Waals surface area contributed by atoms with Crippen molar-refractivity contribution in [2.75, 3.05) is 0 Å². The Kier molecular flexibility index (Phi) is 17.9. The van der Waals surface area contributed by atoms with E-state index in [1.54, 1.807) is 29.4 Å². The summed E-state index contributed by atoms with van der Waals surface area (Å²) in [6.45, 7) is 8.57. The van der Waals surface area contributed by atoms with Gasteiger partial charge in [-0.1, -0.05) is 156 Å². The number of hydrogen-bond donors (Lipinski definition) is 2. The average Bonchev–Trinajstić information content (AvgIpc) is 3.68. The van der Waals surface area contributed by atoms with Crippen LogP contribution in [0.2, 0.25) is 0 Å². The largest absolute Gasteiger partial charge is 0.393 e. The predicted octanol–water partition coefficient (Wildman–Crippen LogP) is 13.3. The van der Waals surface area contributed by atoms with Crippen LogP contribution in [0.3, 0.4) is 0 Å². The smallest absolute Gasteiger partial charge is 0.0564 e. The van der Waals surface area contributed by atoms with Gasteiger partial charge in [-0.05, 0) is 84.4 Å². The molecule has 5 heteroatoms. The van der Waals surface area contributed by atoms with Crippen LogP contribution in [0.5, 0.6) is 0 Å². The van der Waals surface area contributed by atoms with Gasteiger partial charge in [-0.2, -0.15) is 0 Å². The normalized spacial score (nSPS) is 13.8. The Morgan fingerprint density at radius 3 is 1.83 bits per heavy atom. The molecule has 0 spiro atoms. The summed E-state index contributed by atoms with van der Waals surface area (Å²) in [6.07, 6.45) is 20.4. The molecule has 0 aliphatic heterocycles. The summed E-state index contributed by atoms with van der Waals surface area (Å²) >= 11 is 1.73. The summed E-state index contributed by atoms with van der Waals surface area (Å²) in [6, 6.07) is 32.0. The molecule has 2 N–H and O–H groups in total. The molecular weight excluding hydrogens is 847 g/mol. The Morgan fingerprint density at radius 2 is 1.26 bits per heavy atom. The zero-order chi connectivity index (χ0) is 36.8. The van der Waals surface area contributed by atoms with Crippen molar-refractivity contribution in [1.29, 1.82) is 0 Å².